The Bertz CT molecular complexity index is 1140. The SMILES string of the molecule is COCCn1c(SCC(=O)NC(=O)NCc2ccccc2)nc2cc(Cl)ccc2c1=O. The van der Waals surface area contributed by atoms with Crippen LogP contribution >= 0.6 is 23.4 Å². The molecule has 3 aromatic rings. The Hall–Kier alpha value is -2.88. The minimum atomic E-state index is -0.593. The molecular weight excluding hydrogens is 440 g/mol. The van der Waals surface area contributed by atoms with Gasteiger partial charge in [0.15, 0.2) is 5.16 Å². The zero-order valence-electron chi connectivity index (χ0n) is 16.8. The Balaban J connectivity index is 1.66. The van der Waals surface area contributed by atoms with E-state index >= 15 is 0 Å². The molecule has 31 heavy (non-hydrogen) atoms. The molecule has 162 valence electrons. The number of nitrogens with zero attached hydrogens (tertiary/aromatic N) is 2. The fourth-order valence-electron chi connectivity index (χ4n) is 2.78. The van der Waals surface area contributed by atoms with E-state index in [1.54, 1.807) is 18.2 Å². The number of rotatable bonds is 8. The minimum absolute atomic E-state index is 0.0930. The summed E-state index contributed by atoms with van der Waals surface area (Å²) in [6, 6.07) is 13.6. The number of halogens is 1. The number of carbonyl (C=O) groups is 2. The second-order valence-corrected chi connectivity index (χ2v) is 7.89. The molecule has 0 saturated heterocycles. The van der Waals surface area contributed by atoms with Crippen molar-refractivity contribution in [3.63, 3.8) is 0 Å². The van der Waals surface area contributed by atoms with Crippen molar-refractivity contribution in [2.24, 2.45) is 0 Å². The van der Waals surface area contributed by atoms with Gasteiger partial charge in [0.25, 0.3) is 5.56 Å². The van der Waals surface area contributed by atoms with E-state index in [0.717, 1.165) is 17.3 Å². The zero-order chi connectivity index (χ0) is 22.2. The summed E-state index contributed by atoms with van der Waals surface area (Å²) in [6.07, 6.45) is 0. The van der Waals surface area contributed by atoms with Gasteiger partial charge in [-0.15, -0.1) is 0 Å². The number of carbonyl (C=O) groups excluding carboxylic acids is 2. The highest BCUT2D eigenvalue weighted by molar-refractivity contribution is 7.99. The highest BCUT2D eigenvalue weighted by Crippen LogP contribution is 2.20. The van der Waals surface area contributed by atoms with Crippen molar-refractivity contribution < 1.29 is 14.3 Å². The van der Waals surface area contributed by atoms with E-state index in [9.17, 15) is 14.4 Å². The maximum atomic E-state index is 12.9. The molecule has 8 nitrogen and oxygen atoms in total. The third kappa shape index (κ3) is 6.30. The number of aromatic nitrogens is 2. The van der Waals surface area contributed by atoms with Crippen molar-refractivity contribution in [2.75, 3.05) is 19.5 Å². The molecular formula is C21H21ClN4O4S. The van der Waals surface area contributed by atoms with Crippen LogP contribution in [0.1, 0.15) is 5.56 Å². The molecule has 0 radical (unpaired) electrons. The monoisotopic (exact) mass is 460 g/mol. The van der Waals surface area contributed by atoms with Gasteiger partial charge < -0.3 is 10.1 Å². The van der Waals surface area contributed by atoms with Gasteiger partial charge in [0, 0.05) is 18.7 Å². The van der Waals surface area contributed by atoms with Gasteiger partial charge in [-0.05, 0) is 23.8 Å². The number of ether oxygens (including phenoxy) is 1. The lowest BCUT2D eigenvalue weighted by Gasteiger charge is -2.13. The fraction of sp³-hybridized carbons (Fsp3) is 0.238. The molecule has 0 spiro atoms. The van der Waals surface area contributed by atoms with Gasteiger partial charge in [-0.2, -0.15) is 0 Å². The van der Waals surface area contributed by atoms with Crippen LogP contribution in [-0.2, 0) is 22.6 Å². The van der Waals surface area contributed by atoms with Crippen LogP contribution in [0.15, 0.2) is 58.5 Å². The van der Waals surface area contributed by atoms with Crippen LogP contribution in [0.5, 0.6) is 0 Å². The molecule has 3 rings (SSSR count). The van der Waals surface area contributed by atoms with E-state index in [1.807, 2.05) is 30.3 Å². The van der Waals surface area contributed by atoms with Crippen molar-refractivity contribution in [3.8, 4) is 0 Å². The summed E-state index contributed by atoms with van der Waals surface area (Å²) in [5.74, 6) is -0.598. The van der Waals surface area contributed by atoms with Crippen LogP contribution in [0.25, 0.3) is 10.9 Å². The molecule has 2 N–H and O–H groups in total. The number of hydrogen-bond donors (Lipinski definition) is 2. The van der Waals surface area contributed by atoms with Crippen LogP contribution in [-0.4, -0.2) is 41.0 Å². The first-order valence-electron chi connectivity index (χ1n) is 9.41. The number of hydrogen-bond acceptors (Lipinski definition) is 6. The summed E-state index contributed by atoms with van der Waals surface area (Å²) in [5, 5.41) is 6.12. The van der Waals surface area contributed by atoms with E-state index in [4.69, 9.17) is 16.3 Å². The van der Waals surface area contributed by atoms with E-state index in [1.165, 1.54) is 11.7 Å². The lowest BCUT2D eigenvalue weighted by molar-refractivity contribution is -0.117. The van der Waals surface area contributed by atoms with Crippen molar-refractivity contribution in [2.45, 2.75) is 18.2 Å². The molecule has 0 aliphatic heterocycles. The molecule has 10 heteroatoms. The third-order valence-corrected chi connectivity index (χ3v) is 5.49. The molecule has 2 aromatic carbocycles. The predicted octanol–water partition coefficient (Wildman–Crippen LogP) is 2.81. The Morgan fingerprint density at radius 1 is 1.19 bits per heavy atom. The number of urea groups is 1. The summed E-state index contributed by atoms with van der Waals surface area (Å²) in [5.41, 5.74) is 1.11. The first-order valence-corrected chi connectivity index (χ1v) is 10.8. The average molecular weight is 461 g/mol. The summed E-state index contributed by atoms with van der Waals surface area (Å²) >= 11 is 7.08. The van der Waals surface area contributed by atoms with Crippen LogP contribution in [0, 0.1) is 0 Å². The summed E-state index contributed by atoms with van der Waals surface area (Å²) < 4.78 is 6.53. The van der Waals surface area contributed by atoms with Gasteiger partial charge >= 0.3 is 6.03 Å². The maximum Gasteiger partial charge on any atom is 0.321 e. The lowest BCUT2D eigenvalue weighted by Crippen LogP contribution is -2.40. The van der Waals surface area contributed by atoms with Crippen molar-refractivity contribution in [1.29, 1.82) is 0 Å². The molecule has 0 fully saturated rings. The van der Waals surface area contributed by atoms with E-state index < -0.39 is 11.9 Å². The van der Waals surface area contributed by atoms with Crippen molar-refractivity contribution >= 4 is 46.2 Å². The number of fused-ring (bicyclic) bond motifs is 1. The smallest absolute Gasteiger partial charge is 0.321 e. The van der Waals surface area contributed by atoms with Gasteiger partial charge in [0.05, 0.1) is 29.8 Å². The number of nitrogens with one attached hydrogen (secondary N) is 2. The largest absolute Gasteiger partial charge is 0.383 e. The van der Waals surface area contributed by atoms with Gasteiger partial charge in [-0.25, -0.2) is 9.78 Å². The summed E-state index contributed by atoms with van der Waals surface area (Å²) in [4.78, 5) is 41.5. The fourth-order valence-corrected chi connectivity index (χ4v) is 3.77. The zero-order valence-corrected chi connectivity index (χ0v) is 18.3. The van der Waals surface area contributed by atoms with Crippen LogP contribution in [0.3, 0.4) is 0 Å². The van der Waals surface area contributed by atoms with Gasteiger partial charge in [0.1, 0.15) is 0 Å². The van der Waals surface area contributed by atoms with Gasteiger partial charge in [0.2, 0.25) is 5.91 Å². The first-order chi connectivity index (χ1) is 15.0. The van der Waals surface area contributed by atoms with E-state index in [2.05, 4.69) is 15.6 Å². The number of benzene rings is 2. The quantitative estimate of drug-likeness (QED) is 0.396. The molecule has 3 amide bonds. The number of thioether (sulfide) groups is 1. The topological polar surface area (TPSA) is 102 Å². The molecule has 0 aliphatic rings. The first kappa shape index (κ1) is 22.8. The molecule has 0 bridgehead atoms. The normalized spacial score (nSPS) is 10.8. The predicted molar refractivity (Wildman–Crippen MR) is 120 cm³/mol. The summed E-state index contributed by atoms with van der Waals surface area (Å²) in [7, 11) is 1.54. The average Bonchev–Trinajstić information content (AvgIpc) is 2.76. The maximum absolute atomic E-state index is 12.9. The van der Waals surface area contributed by atoms with Crippen LogP contribution < -0.4 is 16.2 Å². The molecule has 1 aromatic heterocycles. The number of methoxy groups -OCH3 is 1. The standard InChI is InChI=1S/C21H21ClN4O4S/c1-30-10-9-26-19(28)16-8-7-15(22)11-17(16)24-21(26)31-13-18(27)25-20(29)23-12-14-5-3-2-4-6-14/h2-8,11H,9-10,12-13H2,1H3,(H2,23,25,27,29). The van der Waals surface area contributed by atoms with Gasteiger partial charge in [-0.3, -0.25) is 19.5 Å². The van der Waals surface area contributed by atoms with Crippen LogP contribution in [0.4, 0.5) is 4.79 Å². The highest BCUT2D eigenvalue weighted by Gasteiger charge is 2.15. The minimum Gasteiger partial charge on any atom is -0.383 e. The highest BCUT2D eigenvalue weighted by atomic mass is 35.5. The lowest BCUT2D eigenvalue weighted by atomic mass is 10.2. The number of amides is 3. The number of imide groups is 1. The van der Waals surface area contributed by atoms with Crippen LogP contribution in [0.2, 0.25) is 5.02 Å². The Morgan fingerprint density at radius 2 is 1.97 bits per heavy atom. The van der Waals surface area contributed by atoms with Crippen molar-refractivity contribution in [3.05, 3.63) is 69.5 Å². The molecule has 0 unspecified atom stereocenters. The summed E-state index contributed by atoms with van der Waals surface area (Å²) in [6.45, 7) is 0.890. The van der Waals surface area contributed by atoms with E-state index in [0.29, 0.717) is 34.2 Å². The molecule has 0 saturated carbocycles. The molecule has 0 aliphatic carbocycles. The molecule has 1 heterocycles. The van der Waals surface area contributed by atoms with Gasteiger partial charge in [-0.1, -0.05) is 53.7 Å². The molecule has 0 atom stereocenters. The van der Waals surface area contributed by atoms with E-state index in [-0.39, 0.29) is 17.9 Å². The Morgan fingerprint density at radius 3 is 2.71 bits per heavy atom. The second-order valence-electron chi connectivity index (χ2n) is 6.51. The Kier molecular flexibility index (Phi) is 8.05. The third-order valence-electron chi connectivity index (χ3n) is 4.28. The van der Waals surface area contributed by atoms with Crippen molar-refractivity contribution in [1.82, 2.24) is 20.2 Å². The Labute approximate surface area is 187 Å². The second kappa shape index (κ2) is 10.9.